The predicted molar refractivity (Wildman–Crippen MR) is 51.0 cm³/mol. The first kappa shape index (κ1) is 8.52. The van der Waals surface area contributed by atoms with E-state index in [1.807, 2.05) is 0 Å². The Morgan fingerprint density at radius 2 is 2.33 bits per heavy atom. The minimum absolute atomic E-state index is 0.502. The Bertz CT molecular complexity index is 169. The van der Waals surface area contributed by atoms with Crippen LogP contribution in [0.2, 0.25) is 0 Å². The molecule has 2 rings (SSSR count). The monoisotopic (exact) mass is 168 g/mol. The van der Waals surface area contributed by atoms with Gasteiger partial charge in [-0.2, -0.15) is 0 Å². The lowest BCUT2D eigenvalue weighted by Crippen LogP contribution is -2.26. The van der Waals surface area contributed by atoms with E-state index in [1.54, 1.807) is 0 Å². The lowest BCUT2D eigenvalue weighted by molar-refractivity contribution is 0.267. The van der Waals surface area contributed by atoms with E-state index in [2.05, 4.69) is 11.8 Å². The number of hydrogen-bond donors (Lipinski definition) is 1. The Hall–Kier alpha value is -0.0800. The molecule has 1 aliphatic heterocycles. The normalized spacial score (nSPS) is 43.0. The number of likely N-dealkylation sites (tertiary alicyclic amines) is 1. The zero-order valence-electron chi connectivity index (χ0n) is 8.05. The molecular formula is C10H20N2. The Morgan fingerprint density at radius 3 is 2.83 bits per heavy atom. The molecule has 1 heterocycles. The minimum atomic E-state index is 0.502. The second-order valence-corrected chi connectivity index (χ2v) is 4.62. The van der Waals surface area contributed by atoms with E-state index in [0.717, 1.165) is 0 Å². The molecule has 2 heteroatoms. The first-order valence-corrected chi connectivity index (χ1v) is 5.22. The van der Waals surface area contributed by atoms with Crippen LogP contribution in [-0.2, 0) is 0 Å². The zero-order valence-corrected chi connectivity index (χ0v) is 8.05. The highest BCUT2D eigenvalue weighted by Crippen LogP contribution is 2.44. The summed E-state index contributed by atoms with van der Waals surface area (Å²) >= 11 is 0. The van der Waals surface area contributed by atoms with Crippen molar-refractivity contribution >= 4 is 0 Å². The molecule has 2 atom stereocenters. The molecule has 0 aromatic rings. The Balaban J connectivity index is 1.97. The summed E-state index contributed by atoms with van der Waals surface area (Å²) in [5.41, 5.74) is 6.59. The molecule has 0 amide bonds. The summed E-state index contributed by atoms with van der Waals surface area (Å²) in [6.07, 6.45) is 5.32. The smallest absolute Gasteiger partial charge is 0.00448 e. The van der Waals surface area contributed by atoms with Crippen molar-refractivity contribution in [2.24, 2.45) is 11.1 Å². The van der Waals surface area contributed by atoms with Gasteiger partial charge in [-0.25, -0.2) is 0 Å². The Morgan fingerprint density at radius 1 is 1.50 bits per heavy atom. The van der Waals surface area contributed by atoms with Gasteiger partial charge in [-0.3, -0.25) is 0 Å². The number of nitrogens with two attached hydrogens (primary N) is 1. The molecule has 1 aliphatic carbocycles. The molecular weight excluding hydrogens is 148 g/mol. The number of nitrogens with zero attached hydrogens (tertiary/aromatic N) is 1. The first-order chi connectivity index (χ1) is 5.74. The van der Waals surface area contributed by atoms with Gasteiger partial charge in [0.2, 0.25) is 0 Å². The average Bonchev–Trinajstić information content (AvgIpc) is 2.61. The summed E-state index contributed by atoms with van der Waals surface area (Å²) < 4.78 is 0. The minimum Gasteiger partial charge on any atom is -0.328 e. The van der Waals surface area contributed by atoms with Crippen molar-refractivity contribution < 1.29 is 0 Å². The maximum absolute atomic E-state index is 5.96. The van der Waals surface area contributed by atoms with Gasteiger partial charge in [0.25, 0.3) is 0 Å². The lowest BCUT2D eigenvalue weighted by Gasteiger charge is -2.23. The SMILES string of the molecule is CCN1CC[C@]2(CC[C@H](N)C2)C1. The van der Waals surface area contributed by atoms with Crippen LogP contribution < -0.4 is 5.73 Å². The van der Waals surface area contributed by atoms with Crippen molar-refractivity contribution in [2.45, 2.75) is 38.6 Å². The number of rotatable bonds is 1. The molecule has 0 aromatic heterocycles. The molecule has 2 N–H and O–H groups in total. The van der Waals surface area contributed by atoms with Gasteiger partial charge in [0.05, 0.1) is 0 Å². The second-order valence-electron chi connectivity index (χ2n) is 4.62. The quantitative estimate of drug-likeness (QED) is 0.637. The number of hydrogen-bond acceptors (Lipinski definition) is 2. The largest absolute Gasteiger partial charge is 0.328 e. The standard InChI is InChI=1S/C10H20N2/c1-2-12-6-5-10(8-12)4-3-9(11)7-10/h9H,2-8,11H2,1H3/t9-,10-/m0/s1. The van der Waals surface area contributed by atoms with Crippen LogP contribution in [0.5, 0.6) is 0 Å². The van der Waals surface area contributed by atoms with Crippen molar-refractivity contribution in [1.82, 2.24) is 4.90 Å². The summed E-state index contributed by atoms with van der Waals surface area (Å²) in [6, 6.07) is 0.502. The molecule has 0 aromatic carbocycles. The maximum Gasteiger partial charge on any atom is 0.00448 e. The van der Waals surface area contributed by atoms with Gasteiger partial charge in [-0.05, 0) is 44.2 Å². The fourth-order valence-electron chi connectivity index (χ4n) is 2.92. The molecule has 2 fully saturated rings. The van der Waals surface area contributed by atoms with Crippen molar-refractivity contribution in [3.63, 3.8) is 0 Å². The van der Waals surface area contributed by atoms with E-state index < -0.39 is 0 Å². The summed E-state index contributed by atoms with van der Waals surface area (Å²) in [5.74, 6) is 0. The highest BCUT2D eigenvalue weighted by Gasteiger charge is 2.42. The van der Waals surface area contributed by atoms with Gasteiger partial charge in [0, 0.05) is 12.6 Å². The summed E-state index contributed by atoms with van der Waals surface area (Å²) in [5, 5.41) is 0. The maximum atomic E-state index is 5.96. The molecule has 0 unspecified atom stereocenters. The van der Waals surface area contributed by atoms with Crippen LogP contribution in [-0.4, -0.2) is 30.6 Å². The van der Waals surface area contributed by atoms with E-state index in [1.165, 1.54) is 45.3 Å². The van der Waals surface area contributed by atoms with Crippen LogP contribution >= 0.6 is 0 Å². The van der Waals surface area contributed by atoms with Crippen LogP contribution in [0, 0.1) is 5.41 Å². The van der Waals surface area contributed by atoms with Gasteiger partial charge in [0.1, 0.15) is 0 Å². The van der Waals surface area contributed by atoms with Crippen molar-refractivity contribution in [3.8, 4) is 0 Å². The average molecular weight is 168 g/mol. The third kappa shape index (κ3) is 1.38. The van der Waals surface area contributed by atoms with Crippen LogP contribution in [0.3, 0.4) is 0 Å². The van der Waals surface area contributed by atoms with Crippen molar-refractivity contribution in [1.29, 1.82) is 0 Å². The Labute approximate surface area is 75.1 Å². The van der Waals surface area contributed by atoms with Gasteiger partial charge >= 0.3 is 0 Å². The van der Waals surface area contributed by atoms with Crippen molar-refractivity contribution in [3.05, 3.63) is 0 Å². The summed E-state index contributed by atoms with van der Waals surface area (Å²) in [4.78, 5) is 2.57. The molecule has 1 spiro atoms. The fraction of sp³-hybridized carbons (Fsp3) is 1.00. The van der Waals surface area contributed by atoms with Crippen LogP contribution in [0.25, 0.3) is 0 Å². The van der Waals surface area contributed by atoms with E-state index in [-0.39, 0.29) is 0 Å². The molecule has 2 aliphatic rings. The summed E-state index contributed by atoms with van der Waals surface area (Å²) in [7, 11) is 0. The molecule has 2 nitrogen and oxygen atoms in total. The highest BCUT2D eigenvalue weighted by molar-refractivity contribution is 4.97. The van der Waals surface area contributed by atoms with Crippen LogP contribution in [0.15, 0.2) is 0 Å². The van der Waals surface area contributed by atoms with E-state index in [9.17, 15) is 0 Å². The lowest BCUT2D eigenvalue weighted by atomic mass is 9.85. The zero-order chi connectivity index (χ0) is 8.60. The van der Waals surface area contributed by atoms with Crippen LogP contribution in [0.4, 0.5) is 0 Å². The second kappa shape index (κ2) is 3.00. The van der Waals surface area contributed by atoms with Crippen molar-refractivity contribution in [2.75, 3.05) is 19.6 Å². The first-order valence-electron chi connectivity index (χ1n) is 5.22. The fourth-order valence-corrected chi connectivity index (χ4v) is 2.92. The molecule has 0 radical (unpaired) electrons. The third-order valence-electron chi connectivity index (χ3n) is 3.71. The highest BCUT2D eigenvalue weighted by atomic mass is 15.2. The molecule has 1 saturated heterocycles. The molecule has 0 bridgehead atoms. The van der Waals surface area contributed by atoms with Crippen LogP contribution in [0.1, 0.15) is 32.6 Å². The molecule has 1 saturated carbocycles. The Kier molecular flexibility index (Phi) is 2.13. The molecule has 70 valence electrons. The van der Waals surface area contributed by atoms with E-state index in [0.29, 0.717) is 11.5 Å². The van der Waals surface area contributed by atoms with Gasteiger partial charge in [0.15, 0.2) is 0 Å². The molecule has 12 heavy (non-hydrogen) atoms. The predicted octanol–water partition coefficient (Wildman–Crippen LogP) is 1.21. The van der Waals surface area contributed by atoms with Gasteiger partial charge < -0.3 is 10.6 Å². The van der Waals surface area contributed by atoms with E-state index >= 15 is 0 Å². The topological polar surface area (TPSA) is 29.3 Å². The van der Waals surface area contributed by atoms with E-state index in [4.69, 9.17) is 5.73 Å². The van der Waals surface area contributed by atoms with Gasteiger partial charge in [-0.15, -0.1) is 0 Å². The third-order valence-corrected chi connectivity index (χ3v) is 3.71. The van der Waals surface area contributed by atoms with Gasteiger partial charge in [-0.1, -0.05) is 6.92 Å². The summed E-state index contributed by atoms with van der Waals surface area (Å²) in [6.45, 7) is 6.10.